The number of pyridine rings is 1. The van der Waals surface area contributed by atoms with Gasteiger partial charge in [-0.25, -0.2) is 9.37 Å². The van der Waals surface area contributed by atoms with Crippen LogP contribution in [0.2, 0.25) is 5.02 Å². The van der Waals surface area contributed by atoms with Crippen molar-refractivity contribution in [3.05, 3.63) is 65.1 Å². The number of rotatable bonds is 4. The van der Waals surface area contributed by atoms with Gasteiger partial charge in [0.05, 0.1) is 5.69 Å². The van der Waals surface area contributed by atoms with Gasteiger partial charge >= 0.3 is 0 Å². The Bertz CT molecular complexity index is 923. The fourth-order valence-corrected chi connectivity index (χ4v) is 3.79. The van der Waals surface area contributed by atoms with E-state index >= 15 is 0 Å². The number of aryl methyl sites for hydroxylation is 1. The molecule has 0 N–H and O–H groups in total. The molecule has 1 fully saturated rings. The Balaban J connectivity index is 1.51. The van der Waals surface area contributed by atoms with Crippen LogP contribution >= 0.6 is 11.6 Å². The SMILES string of the molecule is Cc1nnc([C@H]2CC[C@H](Oc3ccccn3)CC2)n1-c1ccc(Cl)cc1F. The van der Waals surface area contributed by atoms with Gasteiger partial charge in [-0.05, 0) is 56.9 Å². The van der Waals surface area contributed by atoms with Crippen LogP contribution in [0, 0.1) is 12.7 Å². The van der Waals surface area contributed by atoms with Crippen LogP contribution in [0.15, 0.2) is 42.6 Å². The molecule has 27 heavy (non-hydrogen) atoms. The third-order valence-electron chi connectivity index (χ3n) is 4.97. The molecule has 1 aliphatic carbocycles. The van der Waals surface area contributed by atoms with E-state index in [1.54, 1.807) is 22.9 Å². The molecule has 2 aromatic heterocycles. The van der Waals surface area contributed by atoms with Gasteiger partial charge in [-0.1, -0.05) is 17.7 Å². The smallest absolute Gasteiger partial charge is 0.213 e. The summed E-state index contributed by atoms with van der Waals surface area (Å²) < 4.78 is 22.2. The topological polar surface area (TPSA) is 52.8 Å². The van der Waals surface area contributed by atoms with Crippen LogP contribution in [0.4, 0.5) is 4.39 Å². The summed E-state index contributed by atoms with van der Waals surface area (Å²) in [6.07, 6.45) is 5.48. The Morgan fingerprint density at radius 3 is 2.63 bits per heavy atom. The lowest BCUT2D eigenvalue weighted by atomic mass is 9.86. The van der Waals surface area contributed by atoms with Crippen LogP contribution in [0.3, 0.4) is 0 Å². The Morgan fingerprint density at radius 1 is 1.11 bits per heavy atom. The van der Waals surface area contributed by atoms with E-state index < -0.39 is 0 Å². The first-order valence-electron chi connectivity index (χ1n) is 9.07. The van der Waals surface area contributed by atoms with E-state index in [-0.39, 0.29) is 17.8 Å². The first-order chi connectivity index (χ1) is 13.1. The summed E-state index contributed by atoms with van der Waals surface area (Å²) in [5.41, 5.74) is 0.434. The average Bonchev–Trinajstić information content (AvgIpc) is 3.05. The highest BCUT2D eigenvalue weighted by Gasteiger charge is 2.28. The molecule has 140 valence electrons. The molecule has 4 rings (SSSR count). The van der Waals surface area contributed by atoms with Crippen molar-refractivity contribution >= 4 is 11.6 Å². The molecule has 3 aromatic rings. The van der Waals surface area contributed by atoms with Gasteiger partial charge in [0.25, 0.3) is 0 Å². The highest BCUT2D eigenvalue weighted by Crippen LogP contribution is 2.35. The summed E-state index contributed by atoms with van der Waals surface area (Å²) in [5, 5.41) is 8.91. The minimum atomic E-state index is -0.376. The van der Waals surface area contributed by atoms with Crippen molar-refractivity contribution in [2.45, 2.75) is 44.6 Å². The van der Waals surface area contributed by atoms with Gasteiger partial charge in [-0.3, -0.25) is 4.57 Å². The number of hydrogen-bond donors (Lipinski definition) is 0. The predicted molar refractivity (Wildman–Crippen MR) is 101 cm³/mol. The van der Waals surface area contributed by atoms with Gasteiger partial charge in [-0.2, -0.15) is 0 Å². The second-order valence-corrected chi connectivity index (χ2v) is 7.23. The molecule has 1 aliphatic rings. The highest BCUT2D eigenvalue weighted by atomic mass is 35.5. The van der Waals surface area contributed by atoms with Gasteiger partial charge in [0, 0.05) is 23.2 Å². The Labute approximate surface area is 162 Å². The van der Waals surface area contributed by atoms with E-state index in [9.17, 15) is 4.39 Å². The minimum Gasteiger partial charge on any atom is -0.474 e. The molecule has 0 radical (unpaired) electrons. The van der Waals surface area contributed by atoms with Crippen LogP contribution < -0.4 is 4.74 Å². The monoisotopic (exact) mass is 386 g/mol. The standard InChI is InChI=1S/C20H20ClFN4O/c1-13-24-25-20(26(13)18-10-7-15(21)12-17(18)22)14-5-8-16(9-6-14)27-19-4-2-3-11-23-19/h2-4,7,10-12,14,16H,5-6,8-9H2,1H3/t14-,16-. The van der Waals surface area contributed by atoms with Crippen molar-refractivity contribution in [3.8, 4) is 11.6 Å². The van der Waals surface area contributed by atoms with Crippen molar-refractivity contribution < 1.29 is 9.13 Å². The van der Waals surface area contributed by atoms with E-state index in [1.165, 1.54) is 6.07 Å². The summed E-state index contributed by atoms with van der Waals surface area (Å²) in [6.45, 7) is 1.83. The molecule has 0 saturated heterocycles. The molecular weight excluding hydrogens is 367 g/mol. The molecule has 0 bridgehead atoms. The van der Waals surface area contributed by atoms with E-state index in [0.29, 0.717) is 22.4 Å². The van der Waals surface area contributed by atoms with Crippen molar-refractivity contribution in [2.24, 2.45) is 0 Å². The summed E-state index contributed by atoms with van der Waals surface area (Å²) in [6, 6.07) is 10.3. The number of halogens is 2. The molecule has 0 atom stereocenters. The zero-order valence-corrected chi connectivity index (χ0v) is 15.7. The maximum absolute atomic E-state index is 14.5. The zero-order valence-electron chi connectivity index (χ0n) is 15.0. The number of hydrogen-bond acceptors (Lipinski definition) is 4. The first-order valence-corrected chi connectivity index (χ1v) is 9.44. The lowest BCUT2D eigenvalue weighted by Crippen LogP contribution is -2.25. The van der Waals surface area contributed by atoms with Crippen LogP contribution in [0.1, 0.15) is 43.3 Å². The first kappa shape index (κ1) is 17.9. The maximum Gasteiger partial charge on any atom is 0.213 e. The normalized spacial score (nSPS) is 19.8. The van der Waals surface area contributed by atoms with Crippen molar-refractivity contribution in [3.63, 3.8) is 0 Å². The number of benzene rings is 1. The third-order valence-corrected chi connectivity index (χ3v) is 5.20. The second-order valence-electron chi connectivity index (χ2n) is 6.80. The van der Waals surface area contributed by atoms with Crippen molar-refractivity contribution in [1.29, 1.82) is 0 Å². The molecule has 2 heterocycles. The van der Waals surface area contributed by atoms with Crippen LogP contribution in [-0.2, 0) is 0 Å². The molecule has 0 unspecified atom stereocenters. The molecule has 5 nitrogen and oxygen atoms in total. The summed E-state index contributed by atoms with van der Waals surface area (Å²) in [5.74, 6) is 1.95. The van der Waals surface area contributed by atoms with Gasteiger partial charge in [0.15, 0.2) is 0 Å². The predicted octanol–water partition coefficient (Wildman–Crippen LogP) is 4.87. The van der Waals surface area contributed by atoms with E-state index in [0.717, 1.165) is 31.5 Å². The van der Waals surface area contributed by atoms with Crippen LogP contribution in [-0.4, -0.2) is 25.9 Å². The Morgan fingerprint density at radius 2 is 1.93 bits per heavy atom. The Hall–Kier alpha value is -2.47. The molecule has 1 aromatic carbocycles. The van der Waals surface area contributed by atoms with E-state index in [1.807, 2.05) is 25.1 Å². The van der Waals surface area contributed by atoms with Crippen LogP contribution in [0.5, 0.6) is 5.88 Å². The molecule has 0 spiro atoms. The van der Waals surface area contributed by atoms with Gasteiger partial charge in [-0.15, -0.1) is 10.2 Å². The lowest BCUT2D eigenvalue weighted by molar-refractivity contribution is 0.139. The van der Waals surface area contributed by atoms with Crippen LogP contribution in [0.25, 0.3) is 5.69 Å². The van der Waals surface area contributed by atoms with Gasteiger partial charge in [0.2, 0.25) is 5.88 Å². The molecule has 0 amide bonds. The van der Waals surface area contributed by atoms with Gasteiger partial charge < -0.3 is 4.74 Å². The van der Waals surface area contributed by atoms with Crippen molar-refractivity contribution in [1.82, 2.24) is 19.7 Å². The fraction of sp³-hybridized carbons (Fsp3) is 0.350. The lowest BCUT2D eigenvalue weighted by Gasteiger charge is -2.28. The van der Waals surface area contributed by atoms with E-state index in [2.05, 4.69) is 15.2 Å². The summed E-state index contributed by atoms with van der Waals surface area (Å²) in [4.78, 5) is 4.22. The van der Waals surface area contributed by atoms with E-state index in [4.69, 9.17) is 16.3 Å². The molecule has 7 heteroatoms. The third kappa shape index (κ3) is 3.81. The zero-order chi connectivity index (χ0) is 18.8. The highest BCUT2D eigenvalue weighted by molar-refractivity contribution is 6.30. The number of aromatic nitrogens is 4. The maximum atomic E-state index is 14.5. The second kappa shape index (κ2) is 7.64. The fourth-order valence-electron chi connectivity index (χ4n) is 3.63. The van der Waals surface area contributed by atoms with Gasteiger partial charge in [0.1, 0.15) is 23.6 Å². The summed E-state index contributed by atoms with van der Waals surface area (Å²) in [7, 11) is 0. The average molecular weight is 387 g/mol. The number of nitrogens with zero attached hydrogens (tertiary/aromatic N) is 4. The largest absolute Gasteiger partial charge is 0.474 e. The quantitative estimate of drug-likeness (QED) is 0.642. The molecule has 0 aliphatic heterocycles. The minimum absolute atomic E-state index is 0.140. The Kier molecular flexibility index (Phi) is 5.07. The van der Waals surface area contributed by atoms with Crippen molar-refractivity contribution in [2.75, 3.05) is 0 Å². The molecular formula is C20H20ClFN4O. The summed E-state index contributed by atoms with van der Waals surface area (Å²) >= 11 is 5.89. The number of ether oxygens (including phenoxy) is 1. The molecule has 1 saturated carbocycles.